The van der Waals surface area contributed by atoms with Gasteiger partial charge in [-0.25, -0.2) is 9.37 Å². The highest BCUT2D eigenvalue weighted by Crippen LogP contribution is 2.32. The number of aliphatic carboxylic acids is 1. The number of hydrogen-bond donors (Lipinski definition) is 1. The van der Waals surface area contributed by atoms with Crippen LogP contribution < -0.4 is 5.56 Å². The number of methoxy groups -OCH3 is 1. The van der Waals surface area contributed by atoms with Gasteiger partial charge < -0.3 is 19.3 Å². The van der Waals surface area contributed by atoms with Crippen molar-refractivity contribution in [2.24, 2.45) is 0 Å². The number of amides is 1. The molecule has 0 unspecified atom stereocenters. The molecule has 0 radical (unpaired) electrons. The van der Waals surface area contributed by atoms with E-state index in [0.717, 1.165) is 30.2 Å². The number of carboxylic acids is 1. The van der Waals surface area contributed by atoms with Gasteiger partial charge in [0.25, 0.3) is 11.5 Å². The van der Waals surface area contributed by atoms with E-state index in [4.69, 9.17) is 14.6 Å². The van der Waals surface area contributed by atoms with Crippen LogP contribution in [0.2, 0.25) is 0 Å². The molecule has 0 bridgehead atoms. The van der Waals surface area contributed by atoms with E-state index < -0.39 is 28.8 Å². The number of nitrogens with zero attached hydrogens (tertiary/aromatic N) is 5. The minimum absolute atomic E-state index is 0.182. The van der Waals surface area contributed by atoms with Gasteiger partial charge in [-0.1, -0.05) is 54.6 Å². The van der Waals surface area contributed by atoms with Gasteiger partial charge in [0.2, 0.25) is 5.91 Å². The number of rotatable bonds is 11. The summed E-state index contributed by atoms with van der Waals surface area (Å²) in [6.07, 6.45) is -1.33. The summed E-state index contributed by atoms with van der Waals surface area (Å²) in [7, 11) is 1.36. The van der Waals surface area contributed by atoms with Crippen LogP contribution in [-0.2, 0) is 51.2 Å². The molecule has 11 nitrogen and oxygen atoms in total. The number of carbonyl (C=O) groups excluding carboxylic acids is 2. The number of alkyl halides is 3. The van der Waals surface area contributed by atoms with Crippen LogP contribution in [0.25, 0.3) is 22.2 Å². The molecule has 2 aromatic heterocycles. The number of likely N-dealkylation sites (tertiary alicyclic amines) is 1. The van der Waals surface area contributed by atoms with Crippen molar-refractivity contribution in [2.75, 3.05) is 20.2 Å². The first-order chi connectivity index (χ1) is 27.9. The zero-order valence-corrected chi connectivity index (χ0v) is 33.6. The number of carbonyl (C=O) groups is 3. The Labute approximate surface area is 339 Å². The minimum atomic E-state index is -4.43. The molecule has 59 heavy (non-hydrogen) atoms. The van der Waals surface area contributed by atoms with Crippen LogP contribution >= 0.6 is 0 Å². The van der Waals surface area contributed by atoms with Gasteiger partial charge in [0, 0.05) is 45.2 Å². The van der Waals surface area contributed by atoms with Crippen LogP contribution in [0.4, 0.5) is 17.6 Å². The zero-order valence-electron chi connectivity index (χ0n) is 33.6. The van der Waals surface area contributed by atoms with E-state index in [1.807, 2.05) is 43.0 Å². The zero-order chi connectivity index (χ0) is 43.1. The predicted molar refractivity (Wildman–Crippen MR) is 214 cm³/mol. The van der Waals surface area contributed by atoms with Gasteiger partial charge in [-0.2, -0.15) is 18.2 Å². The van der Waals surface area contributed by atoms with Crippen LogP contribution in [0.1, 0.15) is 61.7 Å². The number of ether oxygens (including phenoxy) is 1. The third-order valence-corrected chi connectivity index (χ3v) is 10.6. The van der Waals surface area contributed by atoms with Crippen LogP contribution in [0.5, 0.6) is 0 Å². The number of hydrogen-bond acceptors (Lipinski definition) is 8. The monoisotopic (exact) mass is 817 g/mol. The van der Waals surface area contributed by atoms with Gasteiger partial charge in [0.1, 0.15) is 29.4 Å². The number of aromatic nitrogens is 3. The van der Waals surface area contributed by atoms with Crippen molar-refractivity contribution in [3.63, 3.8) is 0 Å². The largest absolute Gasteiger partial charge is 0.481 e. The molecule has 1 amide bonds. The molecule has 5 aromatic rings. The average Bonchev–Trinajstić information content (AvgIpc) is 3.21. The SMILES string of the molecule is CC(=O)O.COC(=O)C(C)(C)N1CCC(N(Cc2ccc(-c3ccc(C(F)(F)F)cc3)cc2)C(=O)Cn2c(CCc3cccc(C)c3F)nc(=O)c3cccnc32)CC1. The highest BCUT2D eigenvalue weighted by atomic mass is 19.4. The summed E-state index contributed by atoms with van der Waals surface area (Å²) in [5, 5.41) is 7.67. The first-order valence-corrected chi connectivity index (χ1v) is 19.1. The van der Waals surface area contributed by atoms with E-state index in [1.54, 1.807) is 52.9 Å². The molecule has 312 valence electrons. The third-order valence-electron chi connectivity index (χ3n) is 10.6. The maximum absolute atomic E-state index is 15.0. The van der Waals surface area contributed by atoms with Crippen LogP contribution in [0.3, 0.4) is 0 Å². The fraction of sp³-hybridized carbons (Fsp3) is 0.364. The number of benzene rings is 3. The van der Waals surface area contributed by atoms with Crippen molar-refractivity contribution in [1.82, 2.24) is 24.3 Å². The number of aryl methyl sites for hydroxylation is 3. The molecule has 3 aromatic carbocycles. The summed E-state index contributed by atoms with van der Waals surface area (Å²) in [4.78, 5) is 62.1. The number of halogens is 4. The minimum Gasteiger partial charge on any atom is -0.481 e. The molecule has 0 spiro atoms. The molecule has 0 aliphatic carbocycles. The first-order valence-electron chi connectivity index (χ1n) is 19.1. The van der Waals surface area contributed by atoms with E-state index in [0.29, 0.717) is 54.1 Å². The molecular formula is C44H47F4N5O6. The standard InChI is InChI=1S/C42H43F4N5O4.C2H4O2/c1-27-7-5-8-31(37(27)43)16-19-35-48-39(53)34-9-6-22-47-38(34)51(35)26-36(52)50(33-20-23-49(24-21-33)41(2,3)40(54)55-4)25-28-10-12-29(13-11-28)30-14-17-32(18-15-30)42(44,45)46;1-2(3)4/h5-15,17-18,22,33H,16,19-21,23-26H2,1-4H3;1H3,(H,3,4). The molecule has 3 heterocycles. The fourth-order valence-electron chi connectivity index (χ4n) is 7.26. The predicted octanol–water partition coefficient (Wildman–Crippen LogP) is 7.25. The van der Waals surface area contributed by atoms with Crippen LogP contribution in [0, 0.1) is 12.7 Å². The topological polar surface area (TPSA) is 135 Å². The van der Waals surface area contributed by atoms with Gasteiger partial charge in [-0.3, -0.25) is 24.1 Å². The van der Waals surface area contributed by atoms with Gasteiger partial charge in [-0.05, 0) is 92.1 Å². The smallest absolute Gasteiger partial charge is 0.416 e. The van der Waals surface area contributed by atoms with Crippen molar-refractivity contribution in [3.05, 3.63) is 129 Å². The van der Waals surface area contributed by atoms with Crippen molar-refractivity contribution in [3.8, 4) is 11.1 Å². The van der Waals surface area contributed by atoms with E-state index in [2.05, 4.69) is 9.97 Å². The lowest BCUT2D eigenvalue weighted by molar-refractivity contribution is -0.155. The summed E-state index contributed by atoms with van der Waals surface area (Å²) < 4.78 is 61.1. The van der Waals surface area contributed by atoms with Crippen molar-refractivity contribution in [2.45, 2.75) is 84.2 Å². The lowest BCUT2D eigenvalue weighted by Gasteiger charge is -2.44. The Bertz CT molecular complexity index is 2330. The van der Waals surface area contributed by atoms with Gasteiger partial charge in [0.05, 0.1) is 18.1 Å². The number of fused-ring (bicyclic) bond motifs is 1. The molecule has 1 aliphatic rings. The summed E-state index contributed by atoms with van der Waals surface area (Å²) in [6.45, 7) is 7.48. The molecule has 1 aliphatic heterocycles. The van der Waals surface area contributed by atoms with Crippen molar-refractivity contribution >= 4 is 28.9 Å². The summed E-state index contributed by atoms with van der Waals surface area (Å²) in [5.41, 5.74) is 1.34. The van der Waals surface area contributed by atoms with E-state index in [-0.39, 0.29) is 55.1 Å². The molecule has 6 rings (SSSR count). The fourth-order valence-corrected chi connectivity index (χ4v) is 7.26. The van der Waals surface area contributed by atoms with Crippen molar-refractivity contribution in [1.29, 1.82) is 0 Å². The van der Waals surface area contributed by atoms with Gasteiger partial charge in [0.15, 0.2) is 0 Å². The number of piperidine rings is 1. The Kier molecular flexibility index (Phi) is 14.0. The Morgan fingerprint density at radius 2 is 1.53 bits per heavy atom. The highest BCUT2D eigenvalue weighted by molar-refractivity contribution is 5.81. The van der Waals surface area contributed by atoms with E-state index in [9.17, 15) is 31.9 Å². The third kappa shape index (κ3) is 10.8. The maximum atomic E-state index is 15.0. The van der Waals surface area contributed by atoms with Crippen LogP contribution in [-0.4, -0.2) is 79.1 Å². The second kappa shape index (κ2) is 18.7. The Hall–Kier alpha value is -5.96. The maximum Gasteiger partial charge on any atom is 0.416 e. The summed E-state index contributed by atoms with van der Waals surface area (Å²) in [6, 6.07) is 20.4. The van der Waals surface area contributed by atoms with Gasteiger partial charge in [-0.15, -0.1) is 0 Å². The van der Waals surface area contributed by atoms with Gasteiger partial charge >= 0.3 is 12.1 Å². The Morgan fingerprint density at radius 1 is 0.915 bits per heavy atom. The molecule has 1 N–H and O–H groups in total. The second-order valence-electron chi connectivity index (χ2n) is 14.9. The Morgan fingerprint density at radius 3 is 2.12 bits per heavy atom. The molecular weight excluding hydrogens is 771 g/mol. The molecule has 1 saturated heterocycles. The molecule has 0 atom stereocenters. The first kappa shape index (κ1) is 44.1. The molecule has 0 saturated carbocycles. The highest BCUT2D eigenvalue weighted by Gasteiger charge is 2.39. The lowest BCUT2D eigenvalue weighted by Crippen LogP contribution is -2.56. The van der Waals surface area contributed by atoms with Crippen molar-refractivity contribution < 1.29 is 41.8 Å². The normalized spacial score (nSPS) is 13.7. The number of pyridine rings is 1. The lowest BCUT2D eigenvalue weighted by atomic mass is 9.95. The molecule has 15 heteroatoms. The quantitative estimate of drug-likeness (QED) is 0.108. The summed E-state index contributed by atoms with van der Waals surface area (Å²) >= 11 is 0. The average molecular weight is 818 g/mol. The summed E-state index contributed by atoms with van der Waals surface area (Å²) in [5.74, 6) is -1.46. The number of carboxylic acid groups (broad SMARTS) is 1. The second-order valence-corrected chi connectivity index (χ2v) is 14.9. The van der Waals surface area contributed by atoms with E-state index >= 15 is 0 Å². The number of esters is 1. The Balaban J connectivity index is 0.00000158. The molecule has 1 fully saturated rings. The van der Waals surface area contributed by atoms with E-state index in [1.165, 1.54) is 19.2 Å². The van der Waals surface area contributed by atoms with Crippen LogP contribution in [0.15, 0.2) is 89.9 Å².